The lowest BCUT2D eigenvalue weighted by atomic mass is 9.85. The number of aromatic hydroxyl groups is 1. The molecule has 0 saturated heterocycles. The van der Waals surface area contributed by atoms with Gasteiger partial charge in [-0.1, -0.05) is 30.3 Å². The van der Waals surface area contributed by atoms with Crippen LogP contribution in [0.1, 0.15) is 22.6 Å². The summed E-state index contributed by atoms with van der Waals surface area (Å²) in [5, 5.41) is 9.37. The van der Waals surface area contributed by atoms with Crippen molar-refractivity contribution in [2.45, 2.75) is 5.92 Å². The molecule has 0 unspecified atom stereocenters. The van der Waals surface area contributed by atoms with Crippen LogP contribution in [0.25, 0.3) is 0 Å². The summed E-state index contributed by atoms with van der Waals surface area (Å²) >= 11 is 0. The molecule has 0 aliphatic carbocycles. The van der Waals surface area contributed by atoms with Crippen molar-refractivity contribution in [3.8, 4) is 5.75 Å². The Kier molecular flexibility index (Phi) is 4.06. The second kappa shape index (κ2) is 6.16. The van der Waals surface area contributed by atoms with E-state index in [0.29, 0.717) is 5.56 Å². The average molecular weight is 314 g/mol. The van der Waals surface area contributed by atoms with Crippen LogP contribution in [0.15, 0.2) is 66.7 Å². The molecule has 1 N–H and O–H groups in total. The molecule has 0 amide bonds. The number of phenols is 1. The predicted octanol–water partition coefficient (Wildman–Crippen LogP) is 4.99. The van der Waals surface area contributed by atoms with Crippen molar-refractivity contribution in [3.63, 3.8) is 0 Å². The van der Waals surface area contributed by atoms with Crippen LogP contribution in [0.3, 0.4) is 0 Å². The molecule has 116 valence electrons. The summed E-state index contributed by atoms with van der Waals surface area (Å²) in [6.45, 7) is 0. The minimum atomic E-state index is -0.739. The molecule has 0 aliphatic heterocycles. The molecular formula is C19H13F3O. The van der Waals surface area contributed by atoms with Crippen molar-refractivity contribution < 1.29 is 18.3 Å². The molecule has 0 spiro atoms. The third kappa shape index (κ3) is 3.21. The molecule has 23 heavy (non-hydrogen) atoms. The zero-order valence-corrected chi connectivity index (χ0v) is 12.0. The first-order valence-corrected chi connectivity index (χ1v) is 7.04. The van der Waals surface area contributed by atoms with E-state index in [0.717, 1.165) is 11.1 Å². The van der Waals surface area contributed by atoms with E-state index in [1.54, 1.807) is 30.3 Å². The summed E-state index contributed by atoms with van der Waals surface area (Å²) in [5.41, 5.74) is 2.06. The minimum absolute atomic E-state index is 0.372. The molecule has 3 rings (SSSR count). The van der Waals surface area contributed by atoms with Crippen molar-refractivity contribution in [1.29, 1.82) is 0 Å². The van der Waals surface area contributed by atoms with Crippen molar-refractivity contribution in [2.75, 3.05) is 0 Å². The highest BCUT2D eigenvalue weighted by molar-refractivity contribution is 5.44. The van der Waals surface area contributed by atoms with Crippen LogP contribution in [-0.4, -0.2) is 5.11 Å². The molecule has 1 nitrogen and oxygen atoms in total. The van der Waals surface area contributed by atoms with Gasteiger partial charge in [-0.2, -0.15) is 0 Å². The Morgan fingerprint density at radius 1 is 0.609 bits per heavy atom. The van der Waals surface area contributed by atoms with Gasteiger partial charge in [0.25, 0.3) is 0 Å². The Balaban J connectivity index is 2.14. The zero-order chi connectivity index (χ0) is 16.4. The highest BCUT2D eigenvalue weighted by Crippen LogP contribution is 2.33. The van der Waals surface area contributed by atoms with Crippen LogP contribution >= 0.6 is 0 Å². The van der Waals surface area contributed by atoms with Crippen molar-refractivity contribution >= 4 is 0 Å². The normalized spacial score (nSPS) is 11.0. The van der Waals surface area contributed by atoms with Gasteiger partial charge in [-0.3, -0.25) is 0 Å². The van der Waals surface area contributed by atoms with Crippen molar-refractivity contribution in [3.05, 3.63) is 101 Å². The van der Waals surface area contributed by atoms with E-state index in [1.807, 2.05) is 0 Å². The van der Waals surface area contributed by atoms with Gasteiger partial charge < -0.3 is 5.11 Å². The summed E-state index contributed by atoms with van der Waals surface area (Å²) in [6, 6.07) is 15.8. The fraction of sp³-hybridized carbons (Fsp3) is 0.0526. The standard InChI is InChI=1S/C19H13F3O/c20-15-6-1-12(2-7-15)19(13-3-8-16(21)9-4-13)14-5-10-18(23)17(22)11-14/h1-11,19,23H. The van der Waals surface area contributed by atoms with E-state index in [1.165, 1.54) is 36.4 Å². The zero-order valence-electron chi connectivity index (χ0n) is 12.0. The van der Waals surface area contributed by atoms with Crippen LogP contribution in [0.2, 0.25) is 0 Å². The van der Waals surface area contributed by atoms with E-state index in [4.69, 9.17) is 0 Å². The summed E-state index contributed by atoms with van der Waals surface area (Å²) < 4.78 is 40.1. The third-order valence-corrected chi connectivity index (χ3v) is 3.71. The SMILES string of the molecule is Oc1ccc(C(c2ccc(F)cc2)c2ccc(F)cc2)cc1F. The Bertz CT molecular complexity index is 766. The summed E-state index contributed by atoms with van der Waals surface area (Å²) in [4.78, 5) is 0. The van der Waals surface area contributed by atoms with Gasteiger partial charge in [0.1, 0.15) is 11.6 Å². The van der Waals surface area contributed by atoms with Crippen LogP contribution in [0.4, 0.5) is 13.2 Å². The highest BCUT2D eigenvalue weighted by atomic mass is 19.1. The van der Waals surface area contributed by atoms with Crippen LogP contribution in [0, 0.1) is 17.5 Å². The molecule has 0 bridgehead atoms. The quantitative estimate of drug-likeness (QED) is 0.675. The Morgan fingerprint density at radius 2 is 1.04 bits per heavy atom. The molecule has 0 fully saturated rings. The number of phenolic OH excluding ortho intramolecular Hbond substituents is 1. The molecule has 0 heterocycles. The number of halogens is 3. The molecular weight excluding hydrogens is 301 g/mol. The second-order valence-electron chi connectivity index (χ2n) is 5.25. The van der Waals surface area contributed by atoms with E-state index < -0.39 is 17.5 Å². The highest BCUT2D eigenvalue weighted by Gasteiger charge is 2.18. The number of rotatable bonds is 3. The molecule has 4 heteroatoms. The lowest BCUT2D eigenvalue weighted by Crippen LogP contribution is -2.04. The molecule has 3 aromatic rings. The smallest absolute Gasteiger partial charge is 0.165 e. The Labute approximate surface area is 131 Å². The molecule has 0 aliphatic rings. The summed E-state index contributed by atoms with van der Waals surface area (Å²) in [6.07, 6.45) is 0. The minimum Gasteiger partial charge on any atom is -0.505 e. The topological polar surface area (TPSA) is 20.2 Å². The van der Waals surface area contributed by atoms with Gasteiger partial charge in [-0.15, -0.1) is 0 Å². The molecule has 3 aromatic carbocycles. The fourth-order valence-electron chi connectivity index (χ4n) is 2.59. The van der Waals surface area contributed by atoms with Gasteiger partial charge in [0.15, 0.2) is 11.6 Å². The number of hydrogen-bond donors (Lipinski definition) is 1. The summed E-state index contributed by atoms with van der Waals surface area (Å²) in [5.74, 6) is -2.32. The van der Waals surface area contributed by atoms with Crippen LogP contribution < -0.4 is 0 Å². The summed E-state index contributed by atoms with van der Waals surface area (Å²) in [7, 11) is 0. The molecule has 0 radical (unpaired) electrons. The van der Waals surface area contributed by atoms with Crippen molar-refractivity contribution in [1.82, 2.24) is 0 Å². The maximum Gasteiger partial charge on any atom is 0.165 e. The Hall–Kier alpha value is -2.75. The molecule has 0 atom stereocenters. The predicted molar refractivity (Wildman–Crippen MR) is 81.8 cm³/mol. The lowest BCUT2D eigenvalue weighted by molar-refractivity contribution is 0.431. The van der Waals surface area contributed by atoms with E-state index in [9.17, 15) is 18.3 Å². The second-order valence-corrected chi connectivity index (χ2v) is 5.25. The van der Waals surface area contributed by atoms with Gasteiger partial charge in [0, 0.05) is 5.92 Å². The average Bonchev–Trinajstić information content (AvgIpc) is 2.55. The maximum absolute atomic E-state index is 13.7. The van der Waals surface area contributed by atoms with Gasteiger partial charge >= 0.3 is 0 Å². The van der Waals surface area contributed by atoms with Crippen LogP contribution in [-0.2, 0) is 0 Å². The van der Waals surface area contributed by atoms with Crippen molar-refractivity contribution in [2.24, 2.45) is 0 Å². The molecule has 0 saturated carbocycles. The van der Waals surface area contributed by atoms with Gasteiger partial charge in [-0.25, -0.2) is 13.2 Å². The van der Waals surface area contributed by atoms with E-state index in [2.05, 4.69) is 0 Å². The van der Waals surface area contributed by atoms with Crippen LogP contribution in [0.5, 0.6) is 5.75 Å². The third-order valence-electron chi connectivity index (χ3n) is 3.71. The lowest BCUT2D eigenvalue weighted by Gasteiger charge is -2.19. The van der Waals surface area contributed by atoms with Gasteiger partial charge in [0.05, 0.1) is 0 Å². The monoisotopic (exact) mass is 314 g/mol. The fourth-order valence-corrected chi connectivity index (χ4v) is 2.59. The van der Waals surface area contributed by atoms with Gasteiger partial charge in [0.2, 0.25) is 0 Å². The first kappa shape index (κ1) is 15.2. The maximum atomic E-state index is 13.7. The molecule has 0 aromatic heterocycles. The first-order chi connectivity index (χ1) is 11.0. The van der Waals surface area contributed by atoms with Gasteiger partial charge in [-0.05, 0) is 53.1 Å². The first-order valence-electron chi connectivity index (χ1n) is 7.04. The van der Waals surface area contributed by atoms with E-state index >= 15 is 0 Å². The number of hydrogen-bond acceptors (Lipinski definition) is 1. The Morgan fingerprint density at radius 3 is 1.48 bits per heavy atom. The number of benzene rings is 3. The largest absolute Gasteiger partial charge is 0.505 e. The van der Waals surface area contributed by atoms with E-state index in [-0.39, 0.29) is 11.6 Å².